The molecule has 1 aromatic heterocycles. The number of hydrogen-bond donors (Lipinski definition) is 2. The molecule has 0 aliphatic rings. The standard InChI is InChI=1S/C26H24N4O3/c1-17-23(26(33)29-22(24(31)25(27)32)14-18-7-3-2-4-8-18)30(16-28-17)15-19-11-12-20-9-5-6-10-21(20)13-19/h2-13,16,22H,14-15H2,1H3,(H2,27,32)(H,29,33)/t22-/m0/s1. The number of aryl methyl sites for hydroxylation is 1. The molecule has 0 aliphatic carbocycles. The van der Waals surface area contributed by atoms with E-state index in [1.165, 1.54) is 0 Å². The predicted octanol–water partition coefficient (Wildman–Crippen LogP) is 2.79. The third kappa shape index (κ3) is 4.98. The fourth-order valence-corrected chi connectivity index (χ4v) is 3.89. The molecule has 7 heteroatoms. The summed E-state index contributed by atoms with van der Waals surface area (Å²) in [6.45, 7) is 2.16. The molecule has 0 spiro atoms. The lowest BCUT2D eigenvalue weighted by Gasteiger charge is -2.17. The summed E-state index contributed by atoms with van der Waals surface area (Å²) in [4.78, 5) is 41.5. The molecule has 7 nitrogen and oxygen atoms in total. The minimum atomic E-state index is -1.09. The second kappa shape index (κ2) is 9.48. The van der Waals surface area contributed by atoms with Crippen LogP contribution in [0.25, 0.3) is 10.8 Å². The van der Waals surface area contributed by atoms with Crippen LogP contribution >= 0.6 is 0 Å². The Kier molecular flexibility index (Phi) is 6.31. The summed E-state index contributed by atoms with van der Waals surface area (Å²) in [6.07, 6.45) is 1.76. The predicted molar refractivity (Wildman–Crippen MR) is 126 cm³/mol. The molecule has 4 aromatic rings. The highest BCUT2D eigenvalue weighted by Crippen LogP contribution is 2.18. The van der Waals surface area contributed by atoms with E-state index < -0.39 is 23.6 Å². The quantitative estimate of drug-likeness (QED) is 0.411. The lowest BCUT2D eigenvalue weighted by Crippen LogP contribution is -2.47. The number of imidazole rings is 1. The second-order valence-electron chi connectivity index (χ2n) is 7.93. The zero-order valence-electron chi connectivity index (χ0n) is 18.2. The Bertz CT molecular complexity index is 1330. The molecule has 4 rings (SSSR count). The highest BCUT2D eigenvalue weighted by molar-refractivity contribution is 6.38. The Morgan fingerprint density at radius 3 is 2.36 bits per heavy atom. The number of rotatable bonds is 8. The lowest BCUT2D eigenvalue weighted by atomic mass is 10.0. The summed E-state index contributed by atoms with van der Waals surface area (Å²) >= 11 is 0. The maximum absolute atomic E-state index is 13.2. The zero-order valence-corrected chi connectivity index (χ0v) is 18.2. The molecular weight excluding hydrogens is 416 g/mol. The molecule has 1 atom stereocenters. The lowest BCUT2D eigenvalue weighted by molar-refractivity contribution is -0.137. The molecule has 3 N–H and O–H groups in total. The van der Waals surface area contributed by atoms with Crippen molar-refractivity contribution in [3.8, 4) is 0 Å². The number of aromatic nitrogens is 2. The van der Waals surface area contributed by atoms with Gasteiger partial charge in [-0.3, -0.25) is 14.4 Å². The van der Waals surface area contributed by atoms with Gasteiger partial charge in [-0.15, -0.1) is 0 Å². The number of fused-ring (bicyclic) bond motifs is 1. The highest BCUT2D eigenvalue weighted by atomic mass is 16.2. The van der Waals surface area contributed by atoms with Gasteiger partial charge in [0.25, 0.3) is 11.8 Å². The first-order valence-corrected chi connectivity index (χ1v) is 10.6. The fourth-order valence-electron chi connectivity index (χ4n) is 3.89. The van der Waals surface area contributed by atoms with Crippen molar-refractivity contribution < 1.29 is 14.4 Å². The molecule has 3 aromatic carbocycles. The average molecular weight is 441 g/mol. The molecule has 2 amide bonds. The van der Waals surface area contributed by atoms with Crippen molar-refractivity contribution in [3.63, 3.8) is 0 Å². The summed E-state index contributed by atoms with van der Waals surface area (Å²) in [5.41, 5.74) is 7.91. The number of carbonyl (C=O) groups is 3. The number of ketones is 1. The van der Waals surface area contributed by atoms with E-state index in [1.807, 2.05) is 66.7 Å². The van der Waals surface area contributed by atoms with Gasteiger partial charge in [0.15, 0.2) is 0 Å². The van der Waals surface area contributed by atoms with Gasteiger partial charge in [-0.05, 0) is 34.9 Å². The van der Waals surface area contributed by atoms with Crippen molar-refractivity contribution >= 4 is 28.4 Å². The van der Waals surface area contributed by atoms with Crippen molar-refractivity contribution in [2.45, 2.75) is 25.9 Å². The molecule has 166 valence electrons. The molecule has 0 unspecified atom stereocenters. The van der Waals surface area contributed by atoms with Crippen molar-refractivity contribution in [2.24, 2.45) is 5.73 Å². The SMILES string of the molecule is Cc1ncn(Cc2ccc3ccccc3c2)c1C(=O)N[C@@H](Cc1ccccc1)C(=O)C(N)=O. The van der Waals surface area contributed by atoms with Crippen LogP contribution in [0.3, 0.4) is 0 Å². The van der Waals surface area contributed by atoms with Crippen LogP contribution in [0.4, 0.5) is 0 Å². The van der Waals surface area contributed by atoms with Crippen LogP contribution in [0, 0.1) is 6.92 Å². The van der Waals surface area contributed by atoms with Gasteiger partial charge < -0.3 is 15.6 Å². The monoisotopic (exact) mass is 440 g/mol. The first-order valence-electron chi connectivity index (χ1n) is 10.6. The smallest absolute Gasteiger partial charge is 0.287 e. The third-order valence-corrected chi connectivity index (χ3v) is 5.55. The first-order chi connectivity index (χ1) is 15.9. The summed E-state index contributed by atoms with van der Waals surface area (Å²) in [7, 11) is 0. The largest absolute Gasteiger partial charge is 0.363 e. The van der Waals surface area contributed by atoms with Crippen LogP contribution in [0.5, 0.6) is 0 Å². The van der Waals surface area contributed by atoms with Crippen LogP contribution < -0.4 is 11.1 Å². The number of benzene rings is 3. The van der Waals surface area contributed by atoms with Crippen LogP contribution in [-0.2, 0) is 22.6 Å². The number of primary amides is 1. The van der Waals surface area contributed by atoms with Gasteiger partial charge in [0.2, 0.25) is 5.78 Å². The zero-order chi connectivity index (χ0) is 23.4. The Morgan fingerprint density at radius 2 is 1.64 bits per heavy atom. The average Bonchev–Trinajstić information content (AvgIpc) is 3.18. The fraction of sp³-hybridized carbons (Fsp3) is 0.154. The maximum atomic E-state index is 13.2. The van der Waals surface area contributed by atoms with Crippen molar-refractivity contribution in [1.29, 1.82) is 0 Å². The molecule has 33 heavy (non-hydrogen) atoms. The summed E-state index contributed by atoms with van der Waals surface area (Å²) < 4.78 is 1.74. The minimum absolute atomic E-state index is 0.159. The van der Waals surface area contributed by atoms with E-state index in [2.05, 4.69) is 16.4 Å². The van der Waals surface area contributed by atoms with Gasteiger partial charge >= 0.3 is 0 Å². The summed E-state index contributed by atoms with van der Waals surface area (Å²) in [5.74, 6) is -2.41. The van der Waals surface area contributed by atoms with Crippen LogP contribution in [-0.4, -0.2) is 33.2 Å². The van der Waals surface area contributed by atoms with Gasteiger partial charge in [-0.1, -0.05) is 66.7 Å². The number of hydrogen-bond acceptors (Lipinski definition) is 4. The van der Waals surface area contributed by atoms with E-state index in [-0.39, 0.29) is 6.42 Å². The Morgan fingerprint density at radius 1 is 0.939 bits per heavy atom. The molecule has 0 saturated heterocycles. The van der Waals surface area contributed by atoms with Gasteiger partial charge in [0.05, 0.1) is 12.0 Å². The van der Waals surface area contributed by atoms with E-state index in [0.29, 0.717) is 17.9 Å². The van der Waals surface area contributed by atoms with E-state index >= 15 is 0 Å². The van der Waals surface area contributed by atoms with E-state index in [1.54, 1.807) is 17.8 Å². The molecule has 0 saturated carbocycles. The topological polar surface area (TPSA) is 107 Å². The Labute approximate surface area is 191 Å². The number of carbonyl (C=O) groups excluding carboxylic acids is 3. The molecule has 0 fully saturated rings. The van der Waals surface area contributed by atoms with Crippen molar-refractivity contribution in [1.82, 2.24) is 14.9 Å². The van der Waals surface area contributed by atoms with E-state index in [0.717, 1.165) is 21.9 Å². The number of nitrogens with two attached hydrogens (primary N) is 1. The Balaban J connectivity index is 1.58. The molecule has 0 aliphatic heterocycles. The normalized spacial score (nSPS) is 11.8. The maximum Gasteiger partial charge on any atom is 0.287 e. The summed E-state index contributed by atoms with van der Waals surface area (Å²) in [6, 6.07) is 22.2. The van der Waals surface area contributed by atoms with Gasteiger partial charge in [-0.25, -0.2) is 4.98 Å². The molecule has 0 bridgehead atoms. The molecular formula is C26H24N4O3. The third-order valence-electron chi connectivity index (χ3n) is 5.55. The number of Topliss-reactive ketones (excluding diaryl/α,β-unsaturated/α-hetero) is 1. The number of amides is 2. The van der Waals surface area contributed by atoms with Crippen molar-refractivity contribution in [3.05, 3.63) is 102 Å². The number of nitrogens with zero attached hydrogens (tertiary/aromatic N) is 2. The van der Waals surface area contributed by atoms with Crippen LogP contribution in [0.2, 0.25) is 0 Å². The van der Waals surface area contributed by atoms with Gasteiger partial charge in [-0.2, -0.15) is 0 Å². The second-order valence-corrected chi connectivity index (χ2v) is 7.93. The van der Waals surface area contributed by atoms with E-state index in [4.69, 9.17) is 5.73 Å². The van der Waals surface area contributed by atoms with Gasteiger partial charge in [0.1, 0.15) is 11.7 Å². The van der Waals surface area contributed by atoms with Gasteiger partial charge in [0, 0.05) is 13.0 Å². The van der Waals surface area contributed by atoms with Crippen LogP contribution in [0.15, 0.2) is 79.1 Å². The highest BCUT2D eigenvalue weighted by Gasteiger charge is 2.27. The Hall–Kier alpha value is -4.26. The molecule has 0 radical (unpaired) electrons. The molecule has 1 heterocycles. The van der Waals surface area contributed by atoms with Crippen molar-refractivity contribution in [2.75, 3.05) is 0 Å². The summed E-state index contributed by atoms with van der Waals surface area (Å²) in [5, 5.41) is 4.93. The first kappa shape index (κ1) is 22.0. The van der Waals surface area contributed by atoms with Crippen LogP contribution in [0.1, 0.15) is 27.3 Å². The van der Waals surface area contributed by atoms with E-state index in [9.17, 15) is 14.4 Å². The number of nitrogens with one attached hydrogen (secondary N) is 1. The minimum Gasteiger partial charge on any atom is -0.363 e.